The molecule has 98 valence electrons. The van der Waals surface area contributed by atoms with E-state index in [-0.39, 0.29) is 0 Å². The van der Waals surface area contributed by atoms with Crippen molar-refractivity contribution < 1.29 is 0 Å². The van der Waals surface area contributed by atoms with Crippen LogP contribution in [0.5, 0.6) is 0 Å². The van der Waals surface area contributed by atoms with Gasteiger partial charge in [0, 0.05) is 24.3 Å². The lowest BCUT2D eigenvalue weighted by atomic mass is 10.0. The summed E-state index contributed by atoms with van der Waals surface area (Å²) in [7, 11) is 0. The molecule has 3 unspecified atom stereocenters. The molecule has 2 aliphatic rings. The van der Waals surface area contributed by atoms with Crippen LogP contribution in [0.15, 0.2) is 24.4 Å². The van der Waals surface area contributed by atoms with Crippen LogP contribution in [0.3, 0.4) is 0 Å². The summed E-state index contributed by atoms with van der Waals surface area (Å²) in [6.45, 7) is 4.73. The highest BCUT2D eigenvalue weighted by Crippen LogP contribution is 2.31. The van der Waals surface area contributed by atoms with Crippen LogP contribution in [0, 0.1) is 0 Å². The van der Waals surface area contributed by atoms with Crippen molar-refractivity contribution >= 4 is 0 Å². The van der Waals surface area contributed by atoms with Crippen LogP contribution >= 0.6 is 0 Å². The zero-order chi connectivity index (χ0) is 12.4. The molecule has 2 fully saturated rings. The van der Waals surface area contributed by atoms with Gasteiger partial charge in [-0.05, 0) is 57.8 Å². The average Bonchev–Trinajstić information content (AvgIpc) is 3.09. The van der Waals surface area contributed by atoms with Gasteiger partial charge < -0.3 is 5.32 Å². The Morgan fingerprint density at radius 3 is 3.00 bits per heavy atom. The summed E-state index contributed by atoms with van der Waals surface area (Å²) in [4.78, 5) is 7.18. The van der Waals surface area contributed by atoms with Gasteiger partial charge in [0.1, 0.15) is 0 Å². The Morgan fingerprint density at radius 1 is 1.33 bits per heavy atom. The molecule has 1 aromatic rings. The number of likely N-dealkylation sites (tertiary alicyclic amines) is 1. The molecule has 0 bridgehead atoms. The van der Waals surface area contributed by atoms with E-state index in [1.54, 1.807) is 0 Å². The second kappa shape index (κ2) is 5.37. The van der Waals surface area contributed by atoms with Gasteiger partial charge in [0.15, 0.2) is 0 Å². The molecule has 3 nitrogen and oxygen atoms in total. The standard InChI is InChI=1S/C15H23N3/c1-12(13-6-2-3-9-16-13)18-11-5-8-15(18)14-7-4-10-17-14/h2-3,6,9,12,14-15,17H,4-5,7-8,10-11H2,1H3. The minimum absolute atomic E-state index is 0.445. The van der Waals surface area contributed by atoms with Crippen LogP contribution in [0.4, 0.5) is 0 Å². The number of nitrogens with one attached hydrogen (secondary N) is 1. The first-order chi connectivity index (χ1) is 8.86. The smallest absolute Gasteiger partial charge is 0.0572 e. The monoisotopic (exact) mass is 245 g/mol. The van der Waals surface area contributed by atoms with Crippen LogP contribution in [-0.4, -0.2) is 35.1 Å². The van der Waals surface area contributed by atoms with Crippen LogP contribution in [0.1, 0.15) is 44.3 Å². The first-order valence-corrected chi connectivity index (χ1v) is 7.26. The van der Waals surface area contributed by atoms with Gasteiger partial charge in [-0.15, -0.1) is 0 Å². The van der Waals surface area contributed by atoms with E-state index in [4.69, 9.17) is 0 Å². The zero-order valence-corrected chi connectivity index (χ0v) is 11.2. The number of hydrogen-bond acceptors (Lipinski definition) is 3. The lowest BCUT2D eigenvalue weighted by molar-refractivity contribution is 0.160. The number of rotatable bonds is 3. The third-order valence-corrected chi connectivity index (χ3v) is 4.52. The largest absolute Gasteiger partial charge is 0.312 e. The Hall–Kier alpha value is -0.930. The predicted octanol–water partition coefficient (Wildman–Crippen LogP) is 2.36. The first kappa shape index (κ1) is 12.1. The highest BCUT2D eigenvalue weighted by atomic mass is 15.2. The van der Waals surface area contributed by atoms with Crippen molar-refractivity contribution in [1.29, 1.82) is 0 Å². The molecule has 1 N–H and O–H groups in total. The molecule has 18 heavy (non-hydrogen) atoms. The molecular weight excluding hydrogens is 222 g/mol. The maximum absolute atomic E-state index is 4.52. The summed E-state index contributed by atoms with van der Waals surface area (Å²) in [5.74, 6) is 0. The average molecular weight is 245 g/mol. The molecule has 0 radical (unpaired) electrons. The van der Waals surface area contributed by atoms with Crippen molar-refractivity contribution in [3.63, 3.8) is 0 Å². The fourth-order valence-corrected chi connectivity index (χ4v) is 3.56. The van der Waals surface area contributed by atoms with Gasteiger partial charge in [0.05, 0.1) is 5.69 Å². The summed E-state index contributed by atoms with van der Waals surface area (Å²) >= 11 is 0. The highest BCUT2D eigenvalue weighted by molar-refractivity contribution is 5.10. The molecule has 0 spiro atoms. The highest BCUT2D eigenvalue weighted by Gasteiger charge is 2.36. The van der Waals surface area contributed by atoms with E-state index in [9.17, 15) is 0 Å². The fourth-order valence-electron chi connectivity index (χ4n) is 3.56. The molecule has 2 aliphatic heterocycles. The number of aromatic nitrogens is 1. The summed E-state index contributed by atoms with van der Waals surface area (Å²) in [6.07, 6.45) is 7.27. The van der Waals surface area contributed by atoms with Crippen molar-refractivity contribution in [2.75, 3.05) is 13.1 Å². The molecule has 3 heteroatoms. The molecule has 3 atom stereocenters. The second-order valence-corrected chi connectivity index (χ2v) is 5.58. The summed E-state index contributed by atoms with van der Waals surface area (Å²) in [5.41, 5.74) is 1.21. The number of nitrogens with zero attached hydrogens (tertiary/aromatic N) is 2. The molecular formula is C15H23N3. The van der Waals surface area contributed by atoms with E-state index >= 15 is 0 Å². The minimum Gasteiger partial charge on any atom is -0.312 e. The Morgan fingerprint density at radius 2 is 2.28 bits per heavy atom. The van der Waals surface area contributed by atoms with Gasteiger partial charge in [-0.3, -0.25) is 9.88 Å². The predicted molar refractivity (Wildman–Crippen MR) is 73.4 cm³/mol. The van der Waals surface area contributed by atoms with E-state index in [1.165, 1.54) is 44.5 Å². The Labute approximate surface area is 110 Å². The Balaban J connectivity index is 1.74. The molecule has 0 aromatic carbocycles. The SMILES string of the molecule is CC(c1ccccn1)N1CCCC1C1CCCN1. The minimum atomic E-state index is 0.445. The molecule has 0 amide bonds. The molecule has 3 rings (SSSR count). The van der Waals surface area contributed by atoms with Crippen molar-refractivity contribution in [2.45, 2.75) is 50.7 Å². The molecule has 0 saturated carbocycles. The first-order valence-electron chi connectivity index (χ1n) is 7.26. The zero-order valence-electron chi connectivity index (χ0n) is 11.2. The van der Waals surface area contributed by atoms with Gasteiger partial charge >= 0.3 is 0 Å². The Kier molecular flexibility index (Phi) is 3.62. The lowest BCUT2D eigenvalue weighted by Crippen LogP contribution is -2.44. The lowest BCUT2D eigenvalue weighted by Gasteiger charge is -2.34. The normalized spacial score (nSPS) is 30.7. The van der Waals surface area contributed by atoms with Crippen LogP contribution in [0.2, 0.25) is 0 Å². The van der Waals surface area contributed by atoms with E-state index in [0.29, 0.717) is 18.1 Å². The molecule has 2 saturated heterocycles. The molecule has 1 aromatic heterocycles. The molecule has 3 heterocycles. The van der Waals surface area contributed by atoms with Crippen molar-refractivity contribution in [1.82, 2.24) is 15.2 Å². The topological polar surface area (TPSA) is 28.2 Å². The summed E-state index contributed by atoms with van der Waals surface area (Å²) < 4.78 is 0. The quantitative estimate of drug-likeness (QED) is 0.886. The summed E-state index contributed by atoms with van der Waals surface area (Å²) in [5, 5.41) is 3.67. The van der Waals surface area contributed by atoms with Gasteiger partial charge in [-0.2, -0.15) is 0 Å². The number of pyridine rings is 1. The van der Waals surface area contributed by atoms with Crippen molar-refractivity contribution in [3.05, 3.63) is 30.1 Å². The van der Waals surface area contributed by atoms with Gasteiger partial charge in [0.2, 0.25) is 0 Å². The van der Waals surface area contributed by atoms with Gasteiger partial charge in [-0.25, -0.2) is 0 Å². The van der Waals surface area contributed by atoms with Gasteiger partial charge in [0.25, 0.3) is 0 Å². The van der Waals surface area contributed by atoms with Crippen molar-refractivity contribution in [2.24, 2.45) is 0 Å². The Bertz CT molecular complexity index is 373. The van der Waals surface area contributed by atoms with Crippen molar-refractivity contribution in [3.8, 4) is 0 Å². The maximum atomic E-state index is 4.52. The van der Waals surface area contributed by atoms with E-state index in [1.807, 2.05) is 12.3 Å². The third kappa shape index (κ3) is 2.29. The van der Waals surface area contributed by atoms with Crippen LogP contribution in [0.25, 0.3) is 0 Å². The van der Waals surface area contributed by atoms with Gasteiger partial charge in [-0.1, -0.05) is 6.07 Å². The van der Waals surface area contributed by atoms with E-state index in [2.05, 4.69) is 34.3 Å². The van der Waals surface area contributed by atoms with Crippen LogP contribution < -0.4 is 5.32 Å². The van der Waals surface area contributed by atoms with Crippen LogP contribution in [-0.2, 0) is 0 Å². The third-order valence-electron chi connectivity index (χ3n) is 4.52. The maximum Gasteiger partial charge on any atom is 0.0572 e. The fraction of sp³-hybridized carbons (Fsp3) is 0.667. The molecule has 0 aliphatic carbocycles. The number of hydrogen-bond donors (Lipinski definition) is 1. The second-order valence-electron chi connectivity index (χ2n) is 5.58. The van der Waals surface area contributed by atoms with E-state index in [0.717, 1.165) is 0 Å². The van der Waals surface area contributed by atoms with E-state index < -0.39 is 0 Å². The summed E-state index contributed by atoms with van der Waals surface area (Å²) in [6, 6.07) is 8.11.